The molecule has 0 saturated carbocycles. The number of benzene rings is 1. The normalized spacial score (nSPS) is 10.2. The smallest absolute Gasteiger partial charge is 0.336 e. The van der Waals surface area contributed by atoms with Gasteiger partial charge in [0.1, 0.15) is 10.8 Å². The van der Waals surface area contributed by atoms with Gasteiger partial charge in [-0.15, -0.1) is 0 Å². The molecule has 0 aliphatic rings. The van der Waals surface area contributed by atoms with E-state index < -0.39 is 11.8 Å². The van der Waals surface area contributed by atoms with Crippen molar-refractivity contribution in [2.75, 3.05) is 0 Å². The van der Waals surface area contributed by atoms with Gasteiger partial charge < -0.3 is 5.11 Å². The zero-order valence-corrected chi connectivity index (χ0v) is 9.45. The molecule has 0 aliphatic heterocycles. The summed E-state index contributed by atoms with van der Waals surface area (Å²) in [5.74, 6) is -1.71. The first-order valence-corrected chi connectivity index (χ1v) is 5.61. The maximum Gasteiger partial charge on any atom is 0.336 e. The molecule has 86 valence electrons. The van der Waals surface area contributed by atoms with E-state index in [1.807, 2.05) is 0 Å². The van der Waals surface area contributed by atoms with Crippen molar-refractivity contribution < 1.29 is 14.3 Å². The van der Waals surface area contributed by atoms with Crippen molar-refractivity contribution in [3.05, 3.63) is 54.0 Å². The predicted octanol–water partition coefficient (Wildman–Crippen LogP) is 3.07. The number of nitrogens with zero attached hydrogens (tertiary/aromatic N) is 1. The van der Waals surface area contributed by atoms with E-state index in [2.05, 4.69) is 4.98 Å². The first-order valence-electron chi connectivity index (χ1n) is 4.79. The number of rotatable bonds is 3. The number of halogens is 1. The molecule has 3 nitrogen and oxygen atoms in total. The summed E-state index contributed by atoms with van der Waals surface area (Å²) in [6.45, 7) is 0. The summed E-state index contributed by atoms with van der Waals surface area (Å²) in [7, 11) is 0. The highest BCUT2D eigenvalue weighted by molar-refractivity contribution is 7.99. The van der Waals surface area contributed by atoms with E-state index in [-0.39, 0.29) is 10.5 Å². The Kier molecular flexibility index (Phi) is 3.39. The largest absolute Gasteiger partial charge is 0.478 e. The molecule has 1 heterocycles. The molecule has 17 heavy (non-hydrogen) atoms. The van der Waals surface area contributed by atoms with Gasteiger partial charge in [0.15, 0.2) is 0 Å². The van der Waals surface area contributed by atoms with Crippen molar-refractivity contribution in [3.8, 4) is 0 Å². The molecule has 0 fully saturated rings. The van der Waals surface area contributed by atoms with Gasteiger partial charge in [-0.2, -0.15) is 0 Å². The second-order valence-corrected chi connectivity index (χ2v) is 4.22. The minimum absolute atomic E-state index is 0.0550. The van der Waals surface area contributed by atoms with Crippen molar-refractivity contribution in [2.24, 2.45) is 0 Å². The molecule has 0 atom stereocenters. The van der Waals surface area contributed by atoms with Gasteiger partial charge in [-0.3, -0.25) is 0 Å². The van der Waals surface area contributed by atoms with Crippen LogP contribution in [0.25, 0.3) is 0 Å². The number of aromatic carboxylic acids is 1. The van der Waals surface area contributed by atoms with Crippen molar-refractivity contribution in [1.29, 1.82) is 0 Å². The lowest BCUT2D eigenvalue weighted by molar-refractivity contribution is 0.0692. The van der Waals surface area contributed by atoms with Crippen LogP contribution < -0.4 is 0 Å². The predicted molar refractivity (Wildman–Crippen MR) is 61.7 cm³/mol. The fraction of sp³-hybridized carbons (Fsp3) is 0. The van der Waals surface area contributed by atoms with Gasteiger partial charge in [-0.1, -0.05) is 23.9 Å². The van der Waals surface area contributed by atoms with Gasteiger partial charge in [0.2, 0.25) is 0 Å². The average Bonchev–Trinajstić information content (AvgIpc) is 2.33. The van der Waals surface area contributed by atoms with Crippen molar-refractivity contribution in [1.82, 2.24) is 4.98 Å². The van der Waals surface area contributed by atoms with E-state index >= 15 is 0 Å². The Morgan fingerprint density at radius 3 is 2.71 bits per heavy atom. The zero-order chi connectivity index (χ0) is 12.3. The van der Waals surface area contributed by atoms with Gasteiger partial charge in [0.05, 0.1) is 10.5 Å². The molecule has 0 bridgehead atoms. The third-order valence-electron chi connectivity index (χ3n) is 2.04. The Hall–Kier alpha value is -1.88. The minimum atomic E-state index is -1.15. The van der Waals surface area contributed by atoms with Gasteiger partial charge >= 0.3 is 5.97 Å². The fourth-order valence-corrected chi connectivity index (χ4v) is 2.19. The Bertz CT molecular complexity index is 545. The molecule has 0 saturated heterocycles. The number of carboxylic acid groups (broad SMARTS) is 1. The van der Waals surface area contributed by atoms with Crippen LogP contribution in [0.4, 0.5) is 4.39 Å². The quantitative estimate of drug-likeness (QED) is 0.908. The average molecular weight is 249 g/mol. The summed E-state index contributed by atoms with van der Waals surface area (Å²) in [6, 6.07) is 9.18. The highest BCUT2D eigenvalue weighted by atomic mass is 32.2. The monoisotopic (exact) mass is 249 g/mol. The molecule has 0 radical (unpaired) electrons. The lowest BCUT2D eigenvalue weighted by atomic mass is 10.2. The van der Waals surface area contributed by atoms with Crippen molar-refractivity contribution in [2.45, 2.75) is 9.92 Å². The van der Waals surface area contributed by atoms with Crippen LogP contribution in [-0.2, 0) is 0 Å². The maximum absolute atomic E-state index is 13.6. The molecule has 2 aromatic rings. The van der Waals surface area contributed by atoms with Crippen molar-refractivity contribution >= 4 is 17.7 Å². The Balaban J connectivity index is 2.41. The maximum atomic E-state index is 13.6. The summed E-state index contributed by atoms with van der Waals surface area (Å²) in [6.07, 6.45) is 1.57. The van der Waals surface area contributed by atoms with Crippen LogP contribution in [0, 0.1) is 5.82 Å². The third-order valence-corrected chi connectivity index (χ3v) is 3.11. The minimum Gasteiger partial charge on any atom is -0.478 e. The summed E-state index contributed by atoms with van der Waals surface area (Å²) < 4.78 is 13.6. The number of carboxylic acids is 1. The molecule has 1 aromatic carbocycles. The summed E-state index contributed by atoms with van der Waals surface area (Å²) in [5.41, 5.74) is -0.0550. The standard InChI is InChI=1S/C12H8FNO2S/c13-9-5-3-4-8(12(15)16)11(9)17-10-6-1-2-7-14-10/h1-7H,(H,15,16). The summed E-state index contributed by atoms with van der Waals surface area (Å²) in [5, 5.41) is 9.52. The van der Waals surface area contributed by atoms with Gasteiger partial charge in [-0.05, 0) is 24.3 Å². The highest BCUT2D eigenvalue weighted by Crippen LogP contribution is 2.31. The van der Waals surface area contributed by atoms with E-state index in [0.29, 0.717) is 5.03 Å². The van der Waals surface area contributed by atoms with E-state index in [9.17, 15) is 9.18 Å². The fourth-order valence-electron chi connectivity index (χ4n) is 1.29. The topological polar surface area (TPSA) is 50.2 Å². The van der Waals surface area contributed by atoms with Crippen LogP contribution in [0.3, 0.4) is 0 Å². The van der Waals surface area contributed by atoms with Crippen LogP contribution in [-0.4, -0.2) is 16.1 Å². The molecule has 0 unspecified atom stereocenters. The van der Waals surface area contributed by atoms with E-state index in [4.69, 9.17) is 5.11 Å². The number of hydrogen-bond acceptors (Lipinski definition) is 3. The lowest BCUT2D eigenvalue weighted by Gasteiger charge is -2.05. The first-order chi connectivity index (χ1) is 8.18. The number of pyridine rings is 1. The Morgan fingerprint density at radius 1 is 1.24 bits per heavy atom. The van der Waals surface area contributed by atoms with Crippen molar-refractivity contribution in [3.63, 3.8) is 0 Å². The Labute approximate surface area is 101 Å². The molecule has 1 aromatic heterocycles. The second kappa shape index (κ2) is 4.97. The van der Waals surface area contributed by atoms with Gasteiger partial charge in [0.25, 0.3) is 0 Å². The number of hydrogen-bond donors (Lipinski definition) is 1. The molecule has 0 aliphatic carbocycles. The van der Waals surface area contributed by atoms with Gasteiger partial charge in [-0.25, -0.2) is 14.2 Å². The number of carbonyl (C=O) groups is 1. The molecule has 1 N–H and O–H groups in total. The molecule has 5 heteroatoms. The summed E-state index contributed by atoms with van der Waals surface area (Å²) >= 11 is 1.00. The Morgan fingerprint density at radius 2 is 2.06 bits per heavy atom. The SMILES string of the molecule is O=C(O)c1cccc(F)c1Sc1ccccn1. The van der Waals surface area contributed by atoms with Crippen LogP contribution in [0.2, 0.25) is 0 Å². The first kappa shape index (κ1) is 11.6. The third kappa shape index (κ3) is 2.62. The molecule has 0 spiro atoms. The number of aromatic nitrogens is 1. The molecular weight excluding hydrogens is 241 g/mol. The molecule has 2 rings (SSSR count). The van der Waals surface area contributed by atoms with E-state index in [1.54, 1.807) is 24.4 Å². The second-order valence-electron chi connectivity index (χ2n) is 3.19. The molecular formula is C12H8FNO2S. The zero-order valence-electron chi connectivity index (χ0n) is 8.63. The molecule has 0 amide bonds. The van der Waals surface area contributed by atoms with Crippen LogP contribution >= 0.6 is 11.8 Å². The van der Waals surface area contributed by atoms with E-state index in [1.165, 1.54) is 18.2 Å². The van der Waals surface area contributed by atoms with Crippen LogP contribution in [0.5, 0.6) is 0 Å². The van der Waals surface area contributed by atoms with Crippen LogP contribution in [0.15, 0.2) is 52.5 Å². The highest BCUT2D eigenvalue weighted by Gasteiger charge is 2.15. The van der Waals surface area contributed by atoms with E-state index in [0.717, 1.165) is 11.8 Å². The van der Waals surface area contributed by atoms with Crippen LogP contribution in [0.1, 0.15) is 10.4 Å². The lowest BCUT2D eigenvalue weighted by Crippen LogP contribution is -2.00. The van der Waals surface area contributed by atoms with Gasteiger partial charge in [0, 0.05) is 6.20 Å². The summed E-state index contributed by atoms with van der Waals surface area (Å²) in [4.78, 5) is 15.1.